The average Bonchev–Trinajstić information content (AvgIpc) is 3.22. The van der Waals surface area contributed by atoms with Gasteiger partial charge in [-0.3, -0.25) is 14.2 Å². The van der Waals surface area contributed by atoms with E-state index in [0.29, 0.717) is 24.3 Å². The SMILES string of the molecule is CCN(CC)C(=O)CSc1nnc(Cc2c(C)[nH]c(=O)n(Cc3ccccc3)c2=O)o1. The van der Waals surface area contributed by atoms with Gasteiger partial charge in [0, 0.05) is 24.3 Å². The first-order chi connectivity index (χ1) is 14.9. The second kappa shape index (κ2) is 10.3. The van der Waals surface area contributed by atoms with Crippen molar-refractivity contribution in [2.45, 2.75) is 39.0 Å². The molecule has 164 valence electrons. The van der Waals surface area contributed by atoms with Crippen LogP contribution < -0.4 is 11.2 Å². The Balaban J connectivity index is 1.76. The van der Waals surface area contributed by atoms with Crippen molar-refractivity contribution in [1.82, 2.24) is 24.6 Å². The maximum Gasteiger partial charge on any atom is 0.328 e. The summed E-state index contributed by atoms with van der Waals surface area (Å²) in [5, 5.41) is 8.21. The average molecular weight is 444 g/mol. The van der Waals surface area contributed by atoms with Gasteiger partial charge in [-0.15, -0.1) is 10.2 Å². The zero-order valence-corrected chi connectivity index (χ0v) is 18.6. The standard InChI is InChI=1S/C21H25N5O4S/c1-4-25(5-2)18(27)13-31-21-24-23-17(30-21)11-16-14(3)22-20(29)26(19(16)28)12-15-9-7-6-8-10-15/h6-10H,4-5,11-13H2,1-3H3,(H,22,29). The minimum absolute atomic E-state index is 0.00460. The van der Waals surface area contributed by atoms with E-state index in [1.54, 1.807) is 11.8 Å². The van der Waals surface area contributed by atoms with Gasteiger partial charge in [-0.05, 0) is 26.3 Å². The summed E-state index contributed by atoms with van der Waals surface area (Å²) < 4.78 is 6.77. The summed E-state index contributed by atoms with van der Waals surface area (Å²) in [6, 6.07) is 9.29. The molecule has 0 unspecified atom stereocenters. The maximum atomic E-state index is 13.0. The van der Waals surface area contributed by atoms with Crippen molar-refractivity contribution >= 4 is 17.7 Å². The number of nitrogens with one attached hydrogen (secondary N) is 1. The van der Waals surface area contributed by atoms with Gasteiger partial charge in [0.2, 0.25) is 11.8 Å². The molecule has 0 saturated carbocycles. The summed E-state index contributed by atoms with van der Waals surface area (Å²) in [5.41, 5.74) is 0.832. The van der Waals surface area contributed by atoms with Crippen LogP contribution in [0, 0.1) is 6.92 Å². The van der Waals surface area contributed by atoms with Crippen LogP contribution in [0.25, 0.3) is 0 Å². The van der Waals surface area contributed by atoms with E-state index in [0.717, 1.165) is 21.9 Å². The van der Waals surface area contributed by atoms with Gasteiger partial charge >= 0.3 is 5.69 Å². The Hall–Kier alpha value is -3.14. The van der Waals surface area contributed by atoms with Crippen molar-refractivity contribution in [3.63, 3.8) is 0 Å². The van der Waals surface area contributed by atoms with Gasteiger partial charge in [-0.25, -0.2) is 4.79 Å². The number of amides is 1. The zero-order chi connectivity index (χ0) is 22.4. The van der Waals surface area contributed by atoms with Crippen LogP contribution in [0.3, 0.4) is 0 Å². The number of aryl methyl sites for hydroxylation is 1. The van der Waals surface area contributed by atoms with Crippen molar-refractivity contribution in [3.05, 3.63) is 73.9 Å². The van der Waals surface area contributed by atoms with Crippen LogP contribution in [0.15, 0.2) is 49.6 Å². The quantitative estimate of drug-likeness (QED) is 0.502. The molecule has 10 heteroatoms. The van der Waals surface area contributed by atoms with Crippen LogP contribution in [-0.4, -0.2) is 49.4 Å². The summed E-state index contributed by atoms with van der Waals surface area (Å²) in [5.74, 6) is 0.441. The highest BCUT2D eigenvalue weighted by Crippen LogP contribution is 2.18. The van der Waals surface area contributed by atoms with Crippen LogP contribution in [0.5, 0.6) is 0 Å². The van der Waals surface area contributed by atoms with E-state index >= 15 is 0 Å². The maximum absolute atomic E-state index is 13.0. The molecule has 0 spiro atoms. The Morgan fingerprint density at radius 2 is 1.87 bits per heavy atom. The van der Waals surface area contributed by atoms with Gasteiger partial charge in [-0.2, -0.15) is 0 Å². The second-order valence-electron chi connectivity index (χ2n) is 6.90. The second-order valence-corrected chi connectivity index (χ2v) is 7.83. The van der Waals surface area contributed by atoms with Crippen molar-refractivity contribution < 1.29 is 9.21 Å². The molecule has 0 atom stereocenters. The first-order valence-electron chi connectivity index (χ1n) is 10.0. The number of benzene rings is 1. The van der Waals surface area contributed by atoms with Gasteiger partial charge in [0.25, 0.3) is 10.8 Å². The fraction of sp³-hybridized carbons (Fsp3) is 0.381. The van der Waals surface area contributed by atoms with Gasteiger partial charge in [-0.1, -0.05) is 42.1 Å². The monoisotopic (exact) mass is 443 g/mol. The number of aromatic nitrogens is 4. The van der Waals surface area contributed by atoms with Crippen LogP contribution in [0.4, 0.5) is 0 Å². The van der Waals surface area contributed by atoms with E-state index in [1.165, 1.54) is 0 Å². The summed E-state index contributed by atoms with van der Waals surface area (Å²) in [7, 11) is 0. The molecule has 0 bridgehead atoms. The van der Waals surface area contributed by atoms with E-state index in [1.807, 2.05) is 44.2 Å². The third-order valence-corrected chi connectivity index (χ3v) is 5.69. The fourth-order valence-corrected chi connectivity index (χ4v) is 3.83. The van der Waals surface area contributed by atoms with E-state index in [9.17, 15) is 14.4 Å². The van der Waals surface area contributed by atoms with Crippen LogP contribution >= 0.6 is 11.8 Å². The number of rotatable bonds is 9. The molecule has 0 saturated heterocycles. The van der Waals surface area contributed by atoms with Crippen molar-refractivity contribution in [2.75, 3.05) is 18.8 Å². The van der Waals surface area contributed by atoms with Crippen LogP contribution in [0.2, 0.25) is 0 Å². The Labute approximate surface area is 183 Å². The van der Waals surface area contributed by atoms with Crippen LogP contribution in [0.1, 0.15) is 36.6 Å². The number of hydrogen-bond donors (Lipinski definition) is 1. The number of carbonyl (C=O) groups excluding carboxylic acids is 1. The first kappa shape index (κ1) is 22.5. The molecular formula is C21H25N5O4S. The molecule has 0 aliphatic rings. The van der Waals surface area contributed by atoms with Crippen molar-refractivity contribution in [3.8, 4) is 0 Å². The molecule has 1 aromatic carbocycles. The third kappa shape index (κ3) is 5.52. The lowest BCUT2D eigenvalue weighted by Gasteiger charge is -2.17. The van der Waals surface area contributed by atoms with Crippen LogP contribution in [-0.2, 0) is 17.8 Å². The minimum Gasteiger partial charge on any atom is -0.416 e. The molecule has 2 aromatic heterocycles. The normalized spacial score (nSPS) is 10.9. The first-order valence-corrected chi connectivity index (χ1v) is 11.0. The molecule has 2 heterocycles. The largest absolute Gasteiger partial charge is 0.416 e. The third-order valence-electron chi connectivity index (χ3n) is 4.89. The summed E-state index contributed by atoms with van der Waals surface area (Å²) in [6.07, 6.45) is 0.0911. The zero-order valence-electron chi connectivity index (χ0n) is 17.8. The van der Waals surface area contributed by atoms with E-state index in [-0.39, 0.29) is 35.7 Å². The topological polar surface area (TPSA) is 114 Å². The van der Waals surface area contributed by atoms with Crippen molar-refractivity contribution in [1.29, 1.82) is 0 Å². The molecule has 0 aliphatic heterocycles. The molecule has 31 heavy (non-hydrogen) atoms. The number of carbonyl (C=O) groups is 1. The molecule has 1 amide bonds. The molecule has 0 aliphatic carbocycles. The number of H-pyrrole nitrogens is 1. The van der Waals surface area contributed by atoms with Gasteiger partial charge in [0.05, 0.1) is 18.7 Å². The Kier molecular flexibility index (Phi) is 7.45. The van der Waals surface area contributed by atoms with Gasteiger partial charge < -0.3 is 14.3 Å². The number of hydrogen-bond acceptors (Lipinski definition) is 7. The van der Waals surface area contributed by atoms with E-state index in [2.05, 4.69) is 15.2 Å². The number of thioether (sulfide) groups is 1. The highest BCUT2D eigenvalue weighted by Gasteiger charge is 2.17. The highest BCUT2D eigenvalue weighted by atomic mass is 32.2. The van der Waals surface area contributed by atoms with Crippen molar-refractivity contribution in [2.24, 2.45) is 0 Å². The summed E-state index contributed by atoms with van der Waals surface area (Å²) >= 11 is 1.16. The van der Waals surface area contributed by atoms with Gasteiger partial charge in [0.1, 0.15) is 0 Å². The fourth-order valence-electron chi connectivity index (χ4n) is 3.15. The van der Waals surface area contributed by atoms with E-state index < -0.39 is 11.2 Å². The molecule has 0 radical (unpaired) electrons. The predicted octanol–water partition coefficient (Wildman–Crippen LogP) is 1.83. The Morgan fingerprint density at radius 3 is 2.55 bits per heavy atom. The summed E-state index contributed by atoms with van der Waals surface area (Å²) in [6.45, 7) is 6.97. The molecule has 3 rings (SSSR count). The predicted molar refractivity (Wildman–Crippen MR) is 117 cm³/mol. The van der Waals surface area contributed by atoms with Gasteiger partial charge in [0.15, 0.2) is 0 Å². The lowest BCUT2D eigenvalue weighted by atomic mass is 10.1. The lowest BCUT2D eigenvalue weighted by molar-refractivity contribution is -0.127. The minimum atomic E-state index is -0.466. The molecule has 0 fully saturated rings. The highest BCUT2D eigenvalue weighted by molar-refractivity contribution is 7.99. The molecule has 1 N–H and O–H groups in total. The summed E-state index contributed by atoms with van der Waals surface area (Å²) in [4.78, 5) is 41.9. The number of nitrogens with zero attached hydrogens (tertiary/aromatic N) is 4. The Morgan fingerprint density at radius 1 is 1.16 bits per heavy atom. The molecule has 3 aromatic rings. The molecular weight excluding hydrogens is 418 g/mol. The Bertz CT molecular complexity index is 1150. The lowest BCUT2D eigenvalue weighted by Crippen LogP contribution is -2.38. The van der Waals surface area contributed by atoms with E-state index in [4.69, 9.17) is 4.42 Å². The smallest absolute Gasteiger partial charge is 0.328 e. The molecule has 9 nitrogen and oxygen atoms in total. The number of aromatic amines is 1.